The quantitative estimate of drug-likeness (QED) is 0.0679. The minimum absolute atomic E-state index is 0.0818. The second-order valence-electron chi connectivity index (χ2n) is 13.2. The first-order valence-electron chi connectivity index (χ1n) is 17.9. The van der Waals surface area contributed by atoms with Gasteiger partial charge in [0.05, 0.1) is 28.0 Å². The zero-order valence-electron chi connectivity index (χ0n) is 31.8. The van der Waals surface area contributed by atoms with E-state index in [0.717, 1.165) is 63.5 Å². The highest BCUT2D eigenvalue weighted by Gasteiger charge is 2.19. The largest absolute Gasteiger partial charge is 0.399 e. The van der Waals surface area contributed by atoms with Crippen molar-refractivity contribution in [3.8, 4) is 0 Å². The van der Waals surface area contributed by atoms with Gasteiger partial charge in [0.15, 0.2) is 11.3 Å². The number of anilines is 4. The fourth-order valence-corrected chi connectivity index (χ4v) is 5.72. The van der Waals surface area contributed by atoms with E-state index in [2.05, 4.69) is 49.3 Å². The molecule has 0 bridgehead atoms. The number of nitrogens with two attached hydrogens (primary N) is 3. The highest BCUT2D eigenvalue weighted by atomic mass is 35.5. The number of aromatic nitrogens is 8. The maximum Gasteiger partial charge on any atom is 0.239 e. The number of rotatable bonds is 9. The summed E-state index contributed by atoms with van der Waals surface area (Å²) in [6.07, 6.45) is 6.68. The van der Waals surface area contributed by atoms with Gasteiger partial charge in [-0.3, -0.25) is 9.59 Å². The molecule has 4 aromatic heterocycles. The van der Waals surface area contributed by atoms with Gasteiger partial charge in [0.1, 0.15) is 30.2 Å². The van der Waals surface area contributed by atoms with Crippen LogP contribution in [0.25, 0.3) is 22.1 Å². The van der Waals surface area contributed by atoms with Crippen molar-refractivity contribution < 1.29 is 14.3 Å². The molecule has 1 aliphatic rings. The van der Waals surface area contributed by atoms with Crippen molar-refractivity contribution in [1.82, 2.24) is 39.5 Å². The smallest absolute Gasteiger partial charge is 0.239 e. The summed E-state index contributed by atoms with van der Waals surface area (Å²) in [5, 5.41) is 13.2. The molecule has 0 radical (unpaired) electrons. The lowest BCUT2D eigenvalue weighted by atomic mass is 10.1. The van der Waals surface area contributed by atoms with Gasteiger partial charge in [-0.2, -0.15) is 10.2 Å². The van der Waals surface area contributed by atoms with E-state index >= 15 is 0 Å². The summed E-state index contributed by atoms with van der Waals surface area (Å²) >= 11 is 15.1. The van der Waals surface area contributed by atoms with Gasteiger partial charge in [-0.25, -0.2) is 29.3 Å². The number of ether oxygens (including phenoxy) is 1. The van der Waals surface area contributed by atoms with Gasteiger partial charge < -0.3 is 27.3 Å². The number of alkyl halides is 2. The Kier molecular flexibility index (Phi) is 16.6. The van der Waals surface area contributed by atoms with Crippen molar-refractivity contribution in [1.29, 1.82) is 0 Å². The molecule has 56 heavy (non-hydrogen) atoms. The molecule has 0 spiro atoms. The van der Waals surface area contributed by atoms with Crippen LogP contribution in [0, 0.1) is 0 Å². The van der Waals surface area contributed by atoms with Gasteiger partial charge >= 0.3 is 0 Å². The number of carbonyl (C=O) groups excluding carboxylic acids is 2. The highest BCUT2D eigenvalue weighted by Crippen LogP contribution is 2.27. The van der Waals surface area contributed by atoms with Crippen LogP contribution in [0.15, 0.2) is 61.2 Å². The summed E-state index contributed by atoms with van der Waals surface area (Å²) < 4.78 is 8.68. The maximum absolute atomic E-state index is 11.5. The number of nitrogens with one attached hydrogen (secondary N) is 1. The molecular weight excluding hydrogens is 779 g/mol. The summed E-state index contributed by atoms with van der Waals surface area (Å²) in [6.45, 7) is 10.2. The van der Waals surface area contributed by atoms with E-state index in [1.54, 1.807) is 0 Å². The molecule has 7 N–H and O–H groups in total. The van der Waals surface area contributed by atoms with Crippen LogP contribution >= 0.6 is 34.8 Å². The van der Waals surface area contributed by atoms with Crippen molar-refractivity contribution in [2.75, 3.05) is 47.5 Å². The second-order valence-corrected chi connectivity index (χ2v) is 14.1. The number of nitrogen functional groups attached to an aromatic ring is 3. The topological polar surface area (TPSA) is 221 Å². The molecule has 18 heteroatoms. The van der Waals surface area contributed by atoms with Gasteiger partial charge in [0.2, 0.25) is 11.1 Å². The molecule has 0 unspecified atom stereocenters. The standard InChI is InChI=1S/C17H19ClN6O.C15H18N6.C4H8O.C2H2Cl2O/c1-10(2)24-17-15(16(19)20-9-21-17)13(23-24)7-11-4-3-5-12(6-11)22-14(25)8-18;1-9(2)21-15-13(14(17)18-8-19-15)12(20-21)7-10-4-3-5-11(16)6-10;1-2-4-5-3-1;3-1-2(4)5/h3-6,9-10H,7-8H2,1-2H3,(H,22,25)(H2,19,20,21);3-6,8-9H,7,16H2,1-2H3,(H2,17,18,19);1-4H2;1H2. The number of benzene rings is 2. The van der Waals surface area contributed by atoms with E-state index in [1.807, 2.05) is 71.7 Å². The molecule has 0 saturated carbocycles. The summed E-state index contributed by atoms with van der Waals surface area (Å²) in [4.78, 5) is 37.7. The van der Waals surface area contributed by atoms with Crippen molar-refractivity contribution in [2.45, 2.75) is 65.5 Å². The van der Waals surface area contributed by atoms with Gasteiger partial charge in [0, 0.05) is 49.5 Å². The molecule has 298 valence electrons. The lowest BCUT2D eigenvalue weighted by Crippen LogP contribution is -2.12. The first-order chi connectivity index (χ1) is 26.8. The first kappa shape index (κ1) is 43.6. The molecule has 1 amide bonds. The van der Waals surface area contributed by atoms with Crippen LogP contribution in [0.1, 0.15) is 75.1 Å². The minimum Gasteiger partial charge on any atom is -0.399 e. The molecule has 6 aromatic rings. The monoisotopic (exact) mass is 824 g/mol. The van der Waals surface area contributed by atoms with Crippen LogP contribution < -0.4 is 22.5 Å². The number of halogens is 3. The Hall–Kier alpha value is -5.09. The second kappa shape index (κ2) is 21.3. The van der Waals surface area contributed by atoms with Crippen molar-refractivity contribution >= 4 is 91.0 Å². The Balaban J connectivity index is 0.000000201. The van der Waals surface area contributed by atoms with Gasteiger partial charge in [-0.15, -0.1) is 23.2 Å². The van der Waals surface area contributed by atoms with Crippen LogP contribution in [-0.2, 0) is 27.2 Å². The van der Waals surface area contributed by atoms with E-state index in [1.165, 1.54) is 25.5 Å². The van der Waals surface area contributed by atoms with E-state index in [4.69, 9.17) is 56.7 Å². The van der Waals surface area contributed by atoms with Gasteiger partial charge in [0.25, 0.3) is 0 Å². The Labute approximate surface area is 340 Å². The molecule has 1 saturated heterocycles. The lowest BCUT2D eigenvalue weighted by Gasteiger charge is -2.06. The Morgan fingerprint density at radius 2 is 1.23 bits per heavy atom. The number of amides is 1. The number of hydrogen-bond donors (Lipinski definition) is 4. The van der Waals surface area contributed by atoms with E-state index < -0.39 is 5.24 Å². The maximum atomic E-state index is 11.5. The van der Waals surface area contributed by atoms with Crippen molar-refractivity contribution in [3.05, 3.63) is 83.7 Å². The molecule has 5 heterocycles. The summed E-state index contributed by atoms with van der Waals surface area (Å²) in [6, 6.07) is 15.7. The van der Waals surface area contributed by atoms with Gasteiger partial charge in [-0.05, 0) is 87.5 Å². The number of carbonyl (C=O) groups is 2. The highest BCUT2D eigenvalue weighted by molar-refractivity contribution is 6.67. The summed E-state index contributed by atoms with van der Waals surface area (Å²) in [5.41, 5.74) is 24.6. The third kappa shape index (κ3) is 12.2. The third-order valence-corrected chi connectivity index (χ3v) is 8.87. The molecule has 1 aliphatic heterocycles. The molecular formula is C38H47Cl3N12O3. The molecule has 0 aliphatic carbocycles. The van der Waals surface area contributed by atoms with E-state index in [9.17, 15) is 9.59 Å². The predicted molar refractivity (Wildman–Crippen MR) is 224 cm³/mol. The van der Waals surface area contributed by atoms with Crippen molar-refractivity contribution in [2.24, 2.45) is 0 Å². The first-order valence-corrected chi connectivity index (χ1v) is 19.3. The van der Waals surface area contributed by atoms with Crippen LogP contribution in [-0.4, -0.2) is 75.6 Å². The van der Waals surface area contributed by atoms with Gasteiger partial charge in [-0.1, -0.05) is 24.3 Å². The Bertz CT molecular complexity index is 2210. The van der Waals surface area contributed by atoms with Crippen LogP contribution in [0.3, 0.4) is 0 Å². The van der Waals surface area contributed by atoms with Crippen molar-refractivity contribution in [3.63, 3.8) is 0 Å². The van der Waals surface area contributed by atoms with Crippen LogP contribution in [0.5, 0.6) is 0 Å². The summed E-state index contributed by atoms with van der Waals surface area (Å²) in [7, 11) is 0. The van der Waals surface area contributed by atoms with E-state index in [-0.39, 0.29) is 29.8 Å². The Morgan fingerprint density at radius 3 is 1.64 bits per heavy atom. The Morgan fingerprint density at radius 1 is 0.750 bits per heavy atom. The van der Waals surface area contributed by atoms with E-state index in [0.29, 0.717) is 30.2 Å². The summed E-state index contributed by atoms with van der Waals surface area (Å²) in [5.74, 6) is 0.457. The lowest BCUT2D eigenvalue weighted by molar-refractivity contribution is -0.114. The van der Waals surface area contributed by atoms with Crippen LogP contribution in [0.2, 0.25) is 0 Å². The normalized spacial score (nSPS) is 12.1. The molecule has 2 aromatic carbocycles. The minimum atomic E-state index is -0.508. The SMILES string of the molecule is C1CCOC1.CC(C)n1nc(Cc2cccc(N)c2)c2c(N)ncnc21.CC(C)n1nc(Cc2cccc(NC(=O)CCl)c2)c2c(N)ncnc21.O=C(Cl)CCl. The fourth-order valence-electron chi connectivity index (χ4n) is 5.66. The average molecular weight is 826 g/mol. The average Bonchev–Trinajstić information content (AvgIpc) is 3.94. The predicted octanol–water partition coefficient (Wildman–Crippen LogP) is 6.71. The number of fused-ring (bicyclic) bond motifs is 2. The number of hydrogen-bond acceptors (Lipinski definition) is 12. The zero-order valence-corrected chi connectivity index (χ0v) is 34.0. The molecule has 1 fully saturated rings. The third-order valence-electron chi connectivity index (χ3n) is 8.12. The van der Waals surface area contributed by atoms with Crippen LogP contribution in [0.4, 0.5) is 23.0 Å². The number of nitrogens with zero attached hydrogens (tertiary/aromatic N) is 8. The fraction of sp³-hybridized carbons (Fsp3) is 0.368. The zero-order chi connectivity index (χ0) is 40.8. The molecule has 7 rings (SSSR count). The molecule has 15 nitrogen and oxygen atoms in total. The molecule has 0 atom stereocenters.